The third-order valence-electron chi connectivity index (χ3n) is 2.80. The highest BCUT2D eigenvalue weighted by molar-refractivity contribution is 7.14. The highest BCUT2D eigenvalue weighted by Gasteiger charge is 2.08. The lowest BCUT2D eigenvalue weighted by atomic mass is 10.2. The molecule has 0 spiro atoms. The van der Waals surface area contributed by atoms with Crippen LogP contribution in [0.2, 0.25) is 0 Å². The number of aromatic nitrogens is 1. The summed E-state index contributed by atoms with van der Waals surface area (Å²) in [5.41, 5.74) is 1.36. The lowest BCUT2D eigenvalue weighted by Gasteiger charge is -2.03. The number of thiazole rings is 1. The Morgan fingerprint density at radius 2 is 1.76 bits per heavy atom. The molecule has 0 aliphatic heterocycles. The highest BCUT2D eigenvalue weighted by Crippen LogP contribution is 2.28. The second-order valence-electron chi connectivity index (χ2n) is 4.30. The number of nitrogens with one attached hydrogen (secondary N) is 1. The third kappa shape index (κ3) is 3.05. The predicted octanol–water partition coefficient (Wildman–Crippen LogP) is 4.97. The Hall–Kier alpha value is -2.34. The van der Waals surface area contributed by atoms with Gasteiger partial charge in [-0.15, -0.1) is 11.3 Å². The molecule has 0 aliphatic rings. The molecule has 2 nitrogen and oxygen atoms in total. The average Bonchev–Trinajstić information content (AvgIpc) is 2.91. The van der Waals surface area contributed by atoms with E-state index < -0.39 is 11.6 Å². The van der Waals surface area contributed by atoms with Crippen LogP contribution in [0, 0.1) is 17.5 Å². The molecular formula is C15H9F3N2S. The van der Waals surface area contributed by atoms with E-state index in [1.165, 1.54) is 29.5 Å². The average molecular weight is 306 g/mol. The SMILES string of the molecule is Fc1cccc(-c2csc(Nc3ccc(F)cc3F)n2)c1. The summed E-state index contributed by atoms with van der Waals surface area (Å²) in [5, 5.41) is 4.96. The van der Waals surface area contributed by atoms with Crippen molar-refractivity contribution in [3.63, 3.8) is 0 Å². The maximum absolute atomic E-state index is 13.5. The van der Waals surface area contributed by atoms with Gasteiger partial charge in [0.15, 0.2) is 5.13 Å². The Kier molecular flexibility index (Phi) is 3.62. The molecule has 0 amide bonds. The predicted molar refractivity (Wildman–Crippen MR) is 77.1 cm³/mol. The van der Waals surface area contributed by atoms with Gasteiger partial charge in [0.25, 0.3) is 0 Å². The number of halogens is 3. The molecular weight excluding hydrogens is 297 g/mol. The molecule has 0 saturated carbocycles. The van der Waals surface area contributed by atoms with Crippen molar-refractivity contribution < 1.29 is 13.2 Å². The molecule has 0 bridgehead atoms. The normalized spacial score (nSPS) is 10.6. The molecule has 21 heavy (non-hydrogen) atoms. The van der Waals surface area contributed by atoms with Gasteiger partial charge in [-0.3, -0.25) is 0 Å². The Morgan fingerprint density at radius 1 is 0.952 bits per heavy atom. The highest BCUT2D eigenvalue weighted by atomic mass is 32.1. The summed E-state index contributed by atoms with van der Waals surface area (Å²) in [4.78, 5) is 4.26. The summed E-state index contributed by atoms with van der Waals surface area (Å²) in [7, 11) is 0. The van der Waals surface area contributed by atoms with Crippen LogP contribution < -0.4 is 5.32 Å². The number of rotatable bonds is 3. The Balaban J connectivity index is 1.85. The van der Waals surface area contributed by atoms with Crippen molar-refractivity contribution in [1.29, 1.82) is 0 Å². The molecule has 0 unspecified atom stereocenters. The van der Waals surface area contributed by atoms with Gasteiger partial charge in [-0.1, -0.05) is 12.1 Å². The van der Waals surface area contributed by atoms with E-state index in [1.807, 2.05) is 0 Å². The largest absolute Gasteiger partial charge is 0.329 e. The summed E-state index contributed by atoms with van der Waals surface area (Å²) in [6.45, 7) is 0. The fourth-order valence-electron chi connectivity index (χ4n) is 1.82. The molecule has 1 heterocycles. The lowest BCUT2D eigenvalue weighted by Crippen LogP contribution is -1.94. The number of hydrogen-bond acceptors (Lipinski definition) is 3. The quantitative estimate of drug-likeness (QED) is 0.739. The van der Waals surface area contributed by atoms with Crippen LogP contribution in [0.5, 0.6) is 0 Å². The van der Waals surface area contributed by atoms with Gasteiger partial charge in [0.2, 0.25) is 0 Å². The fraction of sp³-hybridized carbons (Fsp3) is 0. The topological polar surface area (TPSA) is 24.9 Å². The van der Waals surface area contributed by atoms with Crippen LogP contribution in [0.1, 0.15) is 0 Å². The second kappa shape index (κ2) is 5.57. The number of benzene rings is 2. The van der Waals surface area contributed by atoms with Crippen molar-refractivity contribution in [2.75, 3.05) is 5.32 Å². The first-order valence-corrected chi connectivity index (χ1v) is 6.93. The van der Waals surface area contributed by atoms with Crippen molar-refractivity contribution in [1.82, 2.24) is 4.98 Å². The zero-order valence-corrected chi connectivity index (χ0v) is 11.4. The van der Waals surface area contributed by atoms with Gasteiger partial charge in [-0.05, 0) is 24.3 Å². The van der Waals surface area contributed by atoms with Gasteiger partial charge in [0.05, 0.1) is 11.4 Å². The Labute approximate surface area is 122 Å². The van der Waals surface area contributed by atoms with Crippen LogP contribution in [0.3, 0.4) is 0 Å². The number of hydrogen-bond donors (Lipinski definition) is 1. The summed E-state index contributed by atoms with van der Waals surface area (Å²) in [6, 6.07) is 9.31. The first-order valence-electron chi connectivity index (χ1n) is 6.05. The van der Waals surface area contributed by atoms with Crippen LogP contribution in [-0.2, 0) is 0 Å². The minimum absolute atomic E-state index is 0.136. The zero-order chi connectivity index (χ0) is 14.8. The molecule has 3 aromatic rings. The van der Waals surface area contributed by atoms with Crippen molar-refractivity contribution in [2.24, 2.45) is 0 Å². The van der Waals surface area contributed by atoms with Gasteiger partial charge in [-0.25, -0.2) is 18.2 Å². The summed E-state index contributed by atoms with van der Waals surface area (Å²) in [5.74, 6) is -1.69. The number of nitrogens with zero attached hydrogens (tertiary/aromatic N) is 1. The summed E-state index contributed by atoms with van der Waals surface area (Å²) in [6.07, 6.45) is 0. The second-order valence-corrected chi connectivity index (χ2v) is 5.16. The van der Waals surface area contributed by atoms with E-state index in [0.717, 1.165) is 12.1 Å². The van der Waals surface area contributed by atoms with Crippen LogP contribution in [0.4, 0.5) is 24.0 Å². The van der Waals surface area contributed by atoms with E-state index in [4.69, 9.17) is 0 Å². The van der Waals surface area contributed by atoms with Crippen molar-refractivity contribution in [3.8, 4) is 11.3 Å². The first kappa shape index (κ1) is 13.6. The molecule has 0 atom stereocenters. The molecule has 106 valence electrons. The molecule has 6 heteroatoms. The molecule has 0 radical (unpaired) electrons. The van der Waals surface area contributed by atoms with Crippen molar-refractivity contribution >= 4 is 22.2 Å². The Morgan fingerprint density at radius 3 is 2.52 bits per heavy atom. The van der Waals surface area contributed by atoms with E-state index in [1.54, 1.807) is 17.5 Å². The maximum Gasteiger partial charge on any atom is 0.187 e. The molecule has 0 aliphatic carbocycles. The fourth-order valence-corrected chi connectivity index (χ4v) is 2.55. The van der Waals surface area contributed by atoms with Gasteiger partial charge < -0.3 is 5.32 Å². The van der Waals surface area contributed by atoms with E-state index in [9.17, 15) is 13.2 Å². The van der Waals surface area contributed by atoms with Gasteiger partial charge in [-0.2, -0.15) is 0 Å². The molecule has 1 N–H and O–H groups in total. The molecule has 0 fully saturated rings. The maximum atomic E-state index is 13.5. The van der Waals surface area contributed by atoms with E-state index in [0.29, 0.717) is 16.4 Å². The van der Waals surface area contributed by atoms with Crippen LogP contribution in [-0.4, -0.2) is 4.98 Å². The molecule has 1 aromatic heterocycles. The molecule has 0 saturated heterocycles. The monoisotopic (exact) mass is 306 g/mol. The third-order valence-corrected chi connectivity index (χ3v) is 3.56. The summed E-state index contributed by atoms with van der Waals surface area (Å²) >= 11 is 1.25. The summed E-state index contributed by atoms with van der Waals surface area (Å²) < 4.78 is 39.5. The standard InChI is InChI=1S/C15H9F3N2S/c16-10-3-1-2-9(6-10)14-8-21-15(20-14)19-13-5-4-11(17)7-12(13)18/h1-8H,(H,19,20). The van der Waals surface area contributed by atoms with E-state index in [-0.39, 0.29) is 11.5 Å². The minimum Gasteiger partial charge on any atom is -0.329 e. The van der Waals surface area contributed by atoms with Crippen molar-refractivity contribution in [3.05, 3.63) is 65.3 Å². The van der Waals surface area contributed by atoms with Crippen LogP contribution in [0.25, 0.3) is 11.3 Å². The lowest BCUT2D eigenvalue weighted by molar-refractivity contribution is 0.586. The zero-order valence-electron chi connectivity index (χ0n) is 10.6. The smallest absolute Gasteiger partial charge is 0.187 e. The van der Waals surface area contributed by atoms with Crippen LogP contribution >= 0.6 is 11.3 Å². The van der Waals surface area contributed by atoms with E-state index >= 15 is 0 Å². The minimum atomic E-state index is -0.697. The first-order chi connectivity index (χ1) is 10.1. The van der Waals surface area contributed by atoms with Gasteiger partial charge >= 0.3 is 0 Å². The van der Waals surface area contributed by atoms with Crippen LogP contribution in [0.15, 0.2) is 47.8 Å². The van der Waals surface area contributed by atoms with Crippen molar-refractivity contribution in [2.45, 2.75) is 0 Å². The van der Waals surface area contributed by atoms with Gasteiger partial charge in [0.1, 0.15) is 17.5 Å². The molecule has 3 rings (SSSR count). The van der Waals surface area contributed by atoms with E-state index in [2.05, 4.69) is 10.3 Å². The molecule has 2 aromatic carbocycles. The van der Waals surface area contributed by atoms with Gasteiger partial charge in [0, 0.05) is 17.0 Å². The Bertz CT molecular complexity index is 786. The number of anilines is 2.